The first-order valence-electron chi connectivity index (χ1n) is 9.78. The fraction of sp³-hybridized carbons (Fsp3) is 0.0435. The predicted molar refractivity (Wildman–Crippen MR) is 151 cm³/mol. The second-order valence-electron chi connectivity index (χ2n) is 7.15. The van der Waals surface area contributed by atoms with Crippen molar-refractivity contribution in [2.24, 2.45) is 5.10 Å². The van der Waals surface area contributed by atoms with Crippen LogP contribution in [0.25, 0.3) is 11.0 Å². The molecule has 12 heteroatoms. The molecule has 0 aliphatic rings. The molecule has 1 aromatic heterocycles. The average molecular weight is 778 g/mol. The first kappa shape index (κ1) is 25.8. The van der Waals surface area contributed by atoms with Crippen LogP contribution in [0.15, 0.2) is 77.5 Å². The molecular formula is C23H13Br3IN3O5. The highest BCUT2D eigenvalue weighted by atomic mass is 127. The zero-order chi connectivity index (χ0) is 25.1. The Labute approximate surface area is 237 Å². The predicted octanol–water partition coefficient (Wildman–Crippen LogP) is 7.58. The van der Waals surface area contributed by atoms with Gasteiger partial charge in [-0.15, -0.1) is 0 Å². The van der Waals surface area contributed by atoms with Crippen molar-refractivity contribution in [2.45, 2.75) is 6.61 Å². The number of nitro groups is 1. The second kappa shape index (κ2) is 11.2. The fourth-order valence-electron chi connectivity index (χ4n) is 3.12. The Bertz CT molecular complexity index is 1470. The number of benzene rings is 3. The SMILES string of the molecule is O=C(N/N=C\c1cc(Br)c(OCc2cccc([N+](=O)[O-])c2)c(Br)c1)c1cc2cc(Br)cc(I)c2o1. The summed E-state index contributed by atoms with van der Waals surface area (Å²) in [5, 5.41) is 15.8. The summed E-state index contributed by atoms with van der Waals surface area (Å²) >= 11 is 12.5. The fourth-order valence-corrected chi connectivity index (χ4v) is 6.23. The van der Waals surface area contributed by atoms with Gasteiger partial charge in [-0.2, -0.15) is 5.10 Å². The third kappa shape index (κ3) is 6.29. The average Bonchev–Trinajstić information content (AvgIpc) is 3.23. The van der Waals surface area contributed by atoms with Gasteiger partial charge in [0, 0.05) is 22.0 Å². The second-order valence-corrected chi connectivity index (χ2v) is 10.9. The molecule has 0 radical (unpaired) electrons. The number of hydrogen-bond acceptors (Lipinski definition) is 6. The number of non-ortho nitro benzene ring substituents is 1. The Morgan fingerprint density at radius 1 is 1.14 bits per heavy atom. The van der Waals surface area contributed by atoms with Crippen LogP contribution in [0.4, 0.5) is 5.69 Å². The van der Waals surface area contributed by atoms with Crippen LogP contribution in [-0.2, 0) is 6.61 Å². The lowest BCUT2D eigenvalue weighted by Crippen LogP contribution is -2.16. The van der Waals surface area contributed by atoms with Gasteiger partial charge in [-0.05, 0) is 95.9 Å². The number of hydrogen-bond donors (Lipinski definition) is 1. The molecule has 178 valence electrons. The highest BCUT2D eigenvalue weighted by Crippen LogP contribution is 2.35. The van der Waals surface area contributed by atoms with Crippen LogP contribution in [0.2, 0.25) is 0 Å². The summed E-state index contributed by atoms with van der Waals surface area (Å²) in [5.74, 6) is 0.209. The summed E-state index contributed by atoms with van der Waals surface area (Å²) in [4.78, 5) is 23.0. The van der Waals surface area contributed by atoms with E-state index in [0.717, 1.165) is 13.4 Å². The Hall–Kier alpha value is -2.29. The van der Waals surface area contributed by atoms with Crippen molar-refractivity contribution < 1.29 is 18.9 Å². The lowest BCUT2D eigenvalue weighted by molar-refractivity contribution is -0.384. The molecule has 0 fully saturated rings. The molecule has 1 N–H and O–H groups in total. The number of fused-ring (bicyclic) bond motifs is 1. The number of nitrogens with one attached hydrogen (secondary N) is 1. The first-order chi connectivity index (χ1) is 16.7. The van der Waals surface area contributed by atoms with Crippen LogP contribution < -0.4 is 10.2 Å². The van der Waals surface area contributed by atoms with Gasteiger partial charge in [-0.3, -0.25) is 14.9 Å². The Balaban J connectivity index is 1.42. The molecule has 1 amide bonds. The molecule has 0 bridgehead atoms. The van der Waals surface area contributed by atoms with E-state index < -0.39 is 10.8 Å². The zero-order valence-electron chi connectivity index (χ0n) is 17.4. The van der Waals surface area contributed by atoms with Crippen molar-refractivity contribution in [3.05, 3.63) is 98.6 Å². The lowest BCUT2D eigenvalue weighted by atomic mass is 10.2. The lowest BCUT2D eigenvalue weighted by Gasteiger charge is -2.11. The van der Waals surface area contributed by atoms with Gasteiger partial charge in [0.1, 0.15) is 17.9 Å². The van der Waals surface area contributed by atoms with E-state index in [1.165, 1.54) is 18.3 Å². The first-order valence-corrected chi connectivity index (χ1v) is 13.2. The smallest absolute Gasteiger partial charge is 0.307 e. The quantitative estimate of drug-likeness (QED) is 0.0902. The number of ether oxygens (including phenoxy) is 1. The number of rotatable bonds is 7. The minimum absolute atomic E-state index is 0.00286. The van der Waals surface area contributed by atoms with E-state index in [1.807, 2.05) is 12.1 Å². The van der Waals surface area contributed by atoms with E-state index in [-0.39, 0.29) is 18.1 Å². The molecule has 4 aromatic rings. The highest BCUT2D eigenvalue weighted by Gasteiger charge is 2.15. The maximum atomic E-state index is 12.5. The van der Waals surface area contributed by atoms with E-state index in [2.05, 4.69) is 80.9 Å². The number of halogens is 4. The number of hydrazone groups is 1. The Kier molecular flexibility index (Phi) is 8.24. The standard InChI is InChI=1S/C23H13Br3IN3O5/c24-15-7-14-8-20(35-21(14)19(27)9-15)23(31)29-28-10-13-5-17(25)22(18(26)6-13)34-11-12-2-1-3-16(4-12)30(32)33/h1-10H,11H2,(H,29,31)/b28-10-. The highest BCUT2D eigenvalue weighted by molar-refractivity contribution is 14.1. The van der Waals surface area contributed by atoms with Gasteiger partial charge in [-0.1, -0.05) is 28.1 Å². The van der Waals surface area contributed by atoms with Crippen molar-refractivity contribution in [1.29, 1.82) is 0 Å². The monoisotopic (exact) mass is 775 g/mol. The number of nitrogens with zero attached hydrogens (tertiary/aromatic N) is 2. The van der Waals surface area contributed by atoms with Crippen molar-refractivity contribution in [1.82, 2.24) is 5.43 Å². The number of carbonyl (C=O) groups is 1. The van der Waals surface area contributed by atoms with Crippen LogP contribution in [0.1, 0.15) is 21.7 Å². The molecule has 0 saturated carbocycles. The van der Waals surface area contributed by atoms with E-state index in [4.69, 9.17) is 9.15 Å². The van der Waals surface area contributed by atoms with Gasteiger partial charge >= 0.3 is 5.91 Å². The van der Waals surface area contributed by atoms with Gasteiger partial charge in [0.2, 0.25) is 0 Å². The van der Waals surface area contributed by atoms with Crippen molar-refractivity contribution in [3.8, 4) is 5.75 Å². The molecule has 0 aliphatic heterocycles. The number of nitro benzene ring substituents is 1. The maximum absolute atomic E-state index is 12.5. The van der Waals surface area contributed by atoms with Crippen LogP contribution in [0, 0.1) is 13.7 Å². The Morgan fingerprint density at radius 3 is 2.60 bits per heavy atom. The molecule has 0 unspecified atom stereocenters. The third-order valence-corrected chi connectivity index (χ3v) is 7.10. The molecule has 3 aromatic carbocycles. The van der Waals surface area contributed by atoms with Crippen molar-refractivity contribution in [2.75, 3.05) is 0 Å². The molecule has 8 nitrogen and oxygen atoms in total. The molecule has 0 atom stereocenters. The van der Waals surface area contributed by atoms with Gasteiger partial charge in [0.25, 0.3) is 5.69 Å². The number of carbonyl (C=O) groups excluding carboxylic acids is 1. The van der Waals surface area contributed by atoms with E-state index in [1.54, 1.807) is 30.3 Å². The van der Waals surface area contributed by atoms with E-state index >= 15 is 0 Å². The van der Waals surface area contributed by atoms with E-state index in [0.29, 0.717) is 31.4 Å². The molecule has 0 saturated heterocycles. The summed E-state index contributed by atoms with van der Waals surface area (Å²) in [5.41, 5.74) is 4.46. The summed E-state index contributed by atoms with van der Waals surface area (Å²) in [6.07, 6.45) is 1.49. The largest absolute Gasteiger partial charge is 0.487 e. The molecular weight excluding hydrogens is 765 g/mol. The van der Waals surface area contributed by atoms with Gasteiger partial charge < -0.3 is 9.15 Å². The van der Waals surface area contributed by atoms with Crippen LogP contribution >= 0.6 is 70.4 Å². The van der Waals surface area contributed by atoms with Gasteiger partial charge in [-0.25, -0.2) is 5.43 Å². The third-order valence-electron chi connectivity index (χ3n) is 4.66. The summed E-state index contributed by atoms with van der Waals surface area (Å²) in [6.45, 7) is 0.148. The van der Waals surface area contributed by atoms with Gasteiger partial charge in [0.15, 0.2) is 5.76 Å². The van der Waals surface area contributed by atoms with Crippen LogP contribution in [0.5, 0.6) is 5.75 Å². The minimum Gasteiger partial charge on any atom is -0.487 e. The topological polar surface area (TPSA) is 107 Å². The molecule has 0 aliphatic carbocycles. The van der Waals surface area contributed by atoms with Crippen LogP contribution in [-0.4, -0.2) is 17.0 Å². The van der Waals surface area contributed by atoms with Gasteiger partial charge in [0.05, 0.1) is 23.7 Å². The van der Waals surface area contributed by atoms with Crippen molar-refractivity contribution in [3.63, 3.8) is 0 Å². The van der Waals surface area contributed by atoms with Crippen LogP contribution in [0.3, 0.4) is 0 Å². The maximum Gasteiger partial charge on any atom is 0.307 e. The van der Waals surface area contributed by atoms with Crippen molar-refractivity contribution >= 4 is 99.2 Å². The number of furan rings is 1. The zero-order valence-corrected chi connectivity index (χ0v) is 24.3. The molecule has 4 rings (SSSR count). The Morgan fingerprint density at radius 2 is 1.89 bits per heavy atom. The normalized spacial score (nSPS) is 11.2. The van der Waals surface area contributed by atoms with E-state index in [9.17, 15) is 14.9 Å². The molecule has 1 heterocycles. The number of amides is 1. The molecule has 0 spiro atoms. The summed E-state index contributed by atoms with van der Waals surface area (Å²) in [6, 6.07) is 15.2. The minimum atomic E-state index is -0.473. The summed E-state index contributed by atoms with van der Waals surface area (Å²) < 4.78 is 14.6. The summed E-state index contributed by atoms with van der Waals surface area (Å²) in [7, 11) is 0. The molecule has 35 heavy (non-hydrogen) atoms.